The predicted octanol–water partition coefficient (Wildman–Crippen LogP) is 4.08. The molecule has 33 heavy (non-hydrogen) atoms. The van der Waals surface area contributed by atoms with Gasteiger partial charge in [0.2, 0.25) is 10.0 Å². The zero-order valence-corrected chi connectivity index (χ0v) is 20.5. The van der Waals surface area contributed by atoms with E-state index >= 15 is 0 Å². The number of nitrogens with zero attached hydrogens (tertiary/aromatic N) is 4. The van der Waals surface area contributed by atoms with Crippen molar-refractivity contribution in [2.24, 2.45) is 0 Å². The van der Waals surface area contributed by atoms with Crippen molar-refractivity contribution in [2.75, 3.05) is 36.8 Å². The fourth-order valence-electron chi connectivity index (χ4n) is 4.36. The summed E-state index contributed by atoms with van der Waals surface area (Å²) in [4.78, 5) is 12.2. The van der Waals surface area contributed by atoms with Crippen LogP contribution in [0.15, 0.2) is 54.6 Å². The Morgan fingerprint density at radius 2 is 1.64 bits per heavy atom. The number of aryl methyl sites for hydroxylation is 2. The Balaban J connectivity index is 1.75. The van der Waals surface area contributed by atoms with Crippen LogP contribution in [-0.4, -0.2) is 54.6 Å². The van der Waals surface area contributed by atoms with Crippen LogP contribution in [0.3, 0.4) is 0 Å². The fraction of sp³-hybridized carbons (Fsp3) is 0.385. The van der Waals surface area contributed by atoms with Gasteiger partial charge in [-0.3, -0.25) is 0 Å². The molecule has 1 saturated heterocycles. The Bertz CT molecular complexity index is 1200. The molecule has 1 fully saturated rings. The van der Waals surface area contributed by atoms with Crippen LogP contribution in [-0.2, 0) is 22.9 Å². The van der Waals surface area contributed by atoms with Gasteiger partial charge in [-0.05, 0) is 25.8 Å². The van der Waals surface area contributed by atoms with Gasteiger partial charge in [-0.1, -0.05) is 67.1 Å². The van der Waals surface area contributed by atoms with Crippen molar-refractivity contribution in [2.45, 2.75) is 33.6 Å². The summed E-state index contributed by atoms with van der Waals surface area (Å²) in [5.41, 5.74) is 5.63. The molecule has 2 aromatic carbocycles. The number of anilines is 1. The minimum Gasteiger partial charge on any atom is -0.354 e. The summed E-state index contributed by atoms with van der Waals surface area (Å²) in [5.74, 6) is 1.78. The van der Waals surface area contributed by atoms with Crippen LogP contribution in [0.25, 0.3) is 11.4 Å². The van der Waals surface area contributed by atoms with E-state index in [1.165, 1.54) is 11.1 Å². The zero-order valence-electron chi connectivity index (χ0n) is 19.7. The minimum atomic E-state index is -3.18. The van der Waals surface area contributed by atoms with E-state index in [4.69, 9.17) is 9.97 Å². The highest BCUT2D eigenvalue weighted by Crippen LogP contribution is 2.29. The number of sulfonamides is 1. The summed E-state index contributed by atoms with van der Waals surface area (Å²) in [7, 11) is -3.18. The Morgan fingerprint density at radius 3 is 2.27 bits per heavy atom. The number of rotatable bonds is 7. The van der Waals surface area contributed by atoms with Gasteiger partial charge in [0.25, 0.3) is 0 Å². The highest BCUT2D eigenvalue weighted by molar-refractivity contribution is 7.89. The first-order chi connectivity index (χ1) is 15.9. The maximum Gasteiger partial charge on any atom is 0.213 e. The van der Waals surface area contributed by atoms with Crippen LogP contribution >= 0.6 is 0 Å². The highest BCUT2D eigenvalue weighted by atomic mass is 32.2. The van der Waals surface area contributed by atoms with E-state index in [2.05, 4.69) is 43.0 Å². The van der Waals surface area contributed by atoms with Crippen LogP contribution in [0.4, 0.5) is 5.82 Å². The molecular formula is C26H32N4O2S. The van der Waals surface area contributed by atoms with E-state index in [1.54, 1.807) is 11.2 Å². The Labute approximate surface area is 197 Å². The van der Waals surface area contributed by atoms with E-state index in [0.29, 0.717) is 26.2 Å². The van der Waals surface area contributed by atoms with Crippen LogP contribution < -0.4 is 4.90 Å². The first-order valence-electron chi connectivity index (χ1n) is 11.6. The zero-order chi connectivity index (χ0) is 23.4. The fourth-order valence-corrected chi connectivity index (χ4v) is 5.44. The van der Waals surface area contributed by atoms with Crippen molar-refractivity contribution < 1.29 is 8.42 Å². The lowest BCUT2D eigenvalue weighted by Crippen LogP contribution is -2.49. The SMILES string of the molecule is CCc1nc(-c2ccccc2)nc(N2CCN(S(=O)(=O)CC)CC2)c1Cc1cccc(C)c1. The van der Waals surface area contributed by atoms with E-state index in [9.17, 15) is 8.42 Å². The molecule has 0 spiro atoms. The molecule has 0 saturated carbocycles. The molecule has 7 heteroatoms. The van der Waals surface area contributed by atoms with Crippen molar-refractivity contribution in [3.8, 4) is 11.4 Å². The first kappa shape index (κ1) is 23.4. The number of hydrogen-bond acceptors (Lipinski definition) is 5. The molecule has 1 aliphatic rings. The van der Waals surface area contributed by atoms with Gasteiger partial charge >= 0.3 is 0 Å². The summed E-state index contributed by atoms with van der Waals surface area (Å²) in [5, 5.41) is 0. The average Bonchev–Trinajstić information content (AvgIpc) is 2.84. The molecule has 0 bridgehead atoms. The first-order valence-corrected chi connectivity index (χ1v) is 13.3. The van der Waals surface area contributed by atoms with Crippen molar-refractivity contribution in [3.05, 3.63) is 77.0 Å². The molecule has 3 aromatic rings. The molecule has 0 amide bonds. The van der Waals surface area contributed by atoms with Crippen molar-refractivity contribution >= 4 is 15.8 Å². The molecule has 1 aromatic heterocycles. The van der Waals surface area contributed by atoms with E-state index in [0.717, 1.165) is 41.3 Å². The second kappa shape index (κ2) is 10.0. The summed E-state index contributed by atoms with van der Waals surface area (Å²) in [6, 6.07) is 18.6. The third kappa shape index (κ3) is 5.25. The largest absolute Gasteiger partial charge is 0.354 e. The molecule has 1 aliphatic heterocycles. The van der Waals surface area contributed by atoms with Gasteiger partial charge in [0.1, 0.15) is 5.82 Å². The smallest absolute Gasteiger partial charge is 0.213 e. The van der Waals surface area contributed by atoms with Gasteiger partial charge < -0.3 is 4.90 Å². The standard InChI is InChI=1S/C26H32N4O2S/c1-4-24-23(19-21-11-9-10-20(3)18-21)26(28-25(27-24)22-12-7-6-8-13-22)29-14-16-30(17-15-29)33(31,32)5-2/h6-13,18H,4-5,14-17,19H2,1-3H3. The Morgan fingerprint density at radius 1 is 0.909 bits per heavy atom. The maximum absolute atomic E-state index is 12.4. The molecule has 0 N–H and O–H groups in total. The molecule has 0 aliphatic carbocycles. The monoisotopic (exact) mass is 464 g/mol. The number of aromatic nitrogens is 2. The minimum absolute atomic E-state index is 0.136. The van der Waals surface area contributed by atoms with Crippen LogP contribution in [0.2, 0.25) is 0 Å². The lowest BCUT2D eigenvalue weighted by Gasteiger charge is -2.36. The lowest BCUT2D eigenvalue weighted by molar-refractivity contribution is 0.384. The van der Waals surface area contributed by atoms with Crippen molar-refractivity contribution in [1.82, 2.24) is 14.3 Å². The number of benzene rings is 2. The van der Waals surface area contributed by atoms with E-state index < -0.39 is 10.0 Å². The average molecular weight is 465 g/mol. The quantitative estimate of drug-likeness (QED) is 0.527. The van der Waals surface area contributed by atoms with Gasteiger partial charge in [0.15, 0.2) is 5.82 Å². The maximum atomic E-state index is 12.4. The molecule has 4 rings (SSSR count). The van der Waals surface area contributed by atoms with Crippen LogP contribution in [0.1, 0.15) is 36.2 Å². The van der Waals surface area contributed by atoms with Crippen LogP contribution in [0.5, 0.6) is 0 Å². The van der Waals surface area contributed by atoms with E-state index in [-0.39, 0.29) is 5.75 Å². The second-order valence-electron chi connectivity index (χ2n) is 8.47. The molecular weight excluding hydrogens is 432 g/mol. The highest BCUT2D eigenvalue weighted by Gasteiger charge is 2.28. The predicted molar refractivity (Wildman–Crippen MR) is 134 cm³/mol. The molecule has 2 heterocycles. The Kier molecular flexibility index (Phi) is 7.10. The molecule has 174 valence electrons. The second-order valence-corrected chi connectivity index (χ2v) is 10.7. The van der Waals surface area contributed by atoms with Gasteiger partial charge in [-0.2, -0.15) is 4.31 Å². The number of hydrogen-bond donors (Lipinski definition) is 0. The topological polar surface area (TPSA) is 66.4 Å². The molecule has 6 nitrogen and oxygen atoms in total. The third-order valence-corrected chi connectivity index (χ3v) is 8.08. The van der Waals surface area contributed by atoms with Gasteiger partial charge in [-0.25, -0.2) is 18.4 Å². The summed E-state index contributed by atoms with van der Waals surface area (Å²) in [6.45, 7) is 8.13. The summed E-state index contributed by atoms with van der Waals surface area (Å²) >= 11 is 0. The molecule has 0 atom stereocenters. The van der Waals surface area contributed by atoms with Crippen LogP contribution in [0, 0.1) is 6.92 Å². The third-order valence-electron chi connectivity index (χ3n) is 6.20. The summed E-state index contributed by atoms with van der Waals surface area (Å²) < 4.78 is 26.3. The van der Waals surface area contributed by atoms with Crippen molar-refractivity contribution in [3.63, 3.8) is 0 Å². The molecule has 0 radical (unpaired) electrons. The van der Waals surface area contributed by atoms with E-state index in [1.807, 2.05) is 30.3 Å². The summed E-state index contributed by atoms with van der Waals surface area (Å²) in [6.07, 6.45) is 1.56. The Hall–Kier alpha value is -2.77. The normalized spacial score (nSPS) is 15.1. The lowest BCUT2D eigenvalue weighted by atomic mass is 10.00. The van der Waals surface area contributed by atoms with Gasteiger partial charge in [0, 0.05) is 49.4 Å². The number of piperazine rings is 1. The molecule has 0 unspecified atom stereocenters. The van der Waals surface area contributed by atoms with Crippen molar-refractivity contribution in [1.29, 1.82) is 0 Å². The van der Waals surface area contributed by atoms with Gasteiger partial charge in [0.05, 0.1) is 5.75 Å². The van der Waals surface area contributed by atoms with Gasteiger partial charge in [-0.15, -0.1) is 0 Å².